The summed E-state index contributed by atoms with van der Waals surface area (Å²) in [6.07, 6.45) is 1.93. The van der Waals surface area contributed by atoms with Crippen LogP contribution in [0.1, 0.15) is 19.8 Å². The topological polar surface area (TPSA) is 29.5 Å². The van der Waals surface area contributed by atoms with Crippen LogP contribution in [0, 0.1) is 11.8 Å². The lowest BCUT2D eigenvalue weighted by molar-refractivity contribution is -0.136. The van der Waals surface area contributed by atoms with Crippen molar-refractivity contribution in [1.29, 1.82) is 0 Å². The zero-order chi connectivity index (χ0) is 10.8. The van der Waals surface area contributed by atoms with Crippen LogP contribution in [0.15, 0.2) is 0 Å². The molecule has 2 rings (SSSR count). The molecule has 1 amide bonds. The van der Waals surface area contributed by atoms with Crippen LogP contribution in [-0.4, -0.2) is 42.5 Å². The van der Waals surface area contributed by atoms with Crippen molar-refractivity contribution in [2.75, 3.05) is 25.6 Å². The minimum absolute atomic E-state index is 0.0986. The Hall–Kier alpha value is -0.280. The Labute approximate surface area is 95.7 Å². The summed E-state index contributed by atoms with van der Waals surface area (Å²) in [5, 5.41) is 0. The number of hydrogen-bond donors (Lipinski definition) is 0. The van der Waals surface area contributed by atoms with Crippen molar-refractivity contribution >= 4 is 17.5 Å². The summed E-state index contributed by atoms with van der Waals surface area (Å²) in [5.41, 5.74) is 0. The molecule has 0 aliphatic carbocycles. The molecular weight excluding hydrogens is 214 g/mol. The van der Waals surface area contributed by atoms with Gasteiger partial charge in [-0.2, -0.15) is 0 Å². The molecule has 0 radical (unpaired) electrons. The van der Waals surface area contributed by atoms with E-state index in [1.807, 2.05) is 4.90 Å². The molecule has 3 atom stereocenters. The fourth-order valence-corrected chi connectivity index (χ4v) is 2.90. The third-order valence-electron chi connectivity index (χ3n) is 3.67. The Morgan fingerprint density at radius 2 is 2.33 bits per heavy atom. The minimum Gasteiger partial charge on any atom is -0.381 e. The number of nitrogens with zero attached hydrogens (tertiary/aromatic N) is 1. The summed E-state index contributed by atoms with van der Waals surface area (Å²) < 4.78 is 5.25. The predicted octanol–water partition coefficient (Wildman–Crippen LogP) is 1.50. The van der Waals surface area contributed by atoms with E-state index in [2.05, 4.69) is 6.92 Å². The average Bonchev–Trinajstić information content (AvgIpc) is 2.85. The fraction of sp³-hybridized carbons (Fsp3) is 0.909. The molecule has 15 heavy (non-hydrogen) atoms. The second kappa shape index (κ2) is 4.71. The van der Waals surface area contributed by atoms with E-state index in [-0.39, 0.29) is 11.8 Å². The first-order valence-electron chi connectivity index (χ1n) is 5.68. The molecule has 0 spiro atoms. The number of carbonyl (C=O) groups is 1. The molecule has 3 nitrogen and oxygen atoms in total. The second-order valence-electron chi connectivity index (χ2n) is 4.54. The van der Waals surface area contributed by atoms with Gasteiger partial charge in [0.05, 0.1) is 12.5 Å². The first-order valence-corrected chi connectivity index (χ1v) is 6.21. The maximum atomic E-state index is 12.1. The Morgan fingerprint density at radius 1 is 1.53 bits per heavy atom. The van der Waals surface area contributed by atoms with Crippen molar-refractivity contribution < 1.29 is 9.53 Å². The summed E-state index contributed by atoms with van der Waals surface area (Å²) in [4.78, 5) is 14.1. The largest absolute Gasteiger partial charge is 0.381 e. The fourth-order valence-electron chi connectivity index (χ4n) is 2.48. The van der Waals surface area contributed by atoms with Crippen molar-refractivity contribution in [3.8, 4) is 0 Å². The number of likely N-dealkylation sites (tertiary alicyclic amines) is 1. The van der Waals surface area contributed by atoms with E-state index in [0.717, 1.165) is 26.0 Å². The van der Waals surface area contributed by atoms with Crippen molar-refractivity contribution in [3.63, 3.8) is 0 Å². The van der Waals surface area contributed by atoms with Crippen molar-refractivity contribution in [1.82, 2.24) is 4.90 Å². The van der Waals surface area contributed by atoms with Gasteiger partial charge in [0.15, 0.2) is 0 Å². The van der Waals surface area contributed by atoms with Gasteiger partial charge in [-0.1, -0.05) is 0 Å². The Kier molecular flexibility index (Phi) is 3.52. The average molecular weight is 232 g/mol. The molecule has 0 N–H and O–H groups in total. The van der Waals surface area contributed by atoms with Crippen LogP contribution in [0.4, 0.5) is 0 Å². The van der Waals surface area contributed by atoms with Gasteiger partial charge in [0, 0.05) is 25.1 Å². The van der Waals surface area contributed by atoms with Gasteiger partial charge in [-0.25, -0.2) is 0 Å². The van der Waals surface area contributed by atoms with Crippen molar-refractivity contribution in [2.45, 2.75) is 25.8 Å². The van der Waals surface area contributed by atoms with Gasteiger partial charge in [-0.3, -0.25) is 4.79 Å². The van der Waals surface area contributed by atoms with Gasteiger partial charge in [0.2, 0.25) is 5.91 Å². The number of halogens is 1. The normalized spacial score (nSPS) is 36.1. The summed E-state index contributed by atoms with van der Waals surface area (Å²) in [6.45, 7) is 4.31. The number of hydrogen-bond acceptors (Lipinski definition) is 2. The standard InChI is InChI=1S/C11H18ClNO2/c1-8-9(6-12)2-4-13(8)11(14)10-3-5-15-7-10/h8-10H,2-7H2,1H3. The van der Waals surface area contributed by atoms with E-state index in [1.165, 1.54) is 0 Å². The highest BCUT2D eigenvalue weighted by molar-refractivity contribution is 6.18. The Morgan fingerprint density at radius 3 is 2.87 bits per heavy atom. The summed E-state index contributed by atoms with van der Waals surface area (Å²) in [7, 11) is 0. The highest BCUT2D eigenvalue weighted by atomic mass is 35.5. The molecule has 3 unspecified atom stereocenters. The third kappa shape index (κ3) is 2.13. The lowest BCUT2D eigenvalue weighted by atomic mass is 10.0. The first-order chi connectivity index (χ1) is 7.24. The molecule has 0 aromatic rings. The summed E-state index contributed by atoms with van der Waals surface area (Å²) >= 11 is 5.87. The molecule has 2 fully saturated rings. The maximum Gasteiger partial charge on any atom is 0.228 e. The van der Waals surface area contributed by atoms with E-state index in [9.17, 15) is 4.79 Å². The van der Waals surface area contributed by atoms with Crippen molar-refractivity contribution in [3.05, 3.63) is 0 Å². The maximum absolute atomic E-state index is 12.1. The molecule has 2 saturated heterocycles. The Bertz CT molecular complexity index is 241. The first kappa shape index (κ1) is 11.2. The zero-order valence-corrected chi connectivity index (χ0v) is 9.87. The molecule has 2 aliphatic rings. The van der Waals surface area contributed by atoms with Gasteiger partial charge in [-0.15, -0.1) is 11.6 Å². The third-order valence-corrected chi connectivity index (χ3v) is 4.07. The molecule has 0 bridgehead atoms. The van der Waals surface area contributed by atoms with Gasteiger partial charge in [0.25, 0.3) is 0 Å². The van der Waals surface area contributed by atoms with E-state index in [1.54, 1.807) is 0 Å². The predicted molar refractivity (Wildman–Crippen MR) is 58.9 cm³/mol. The SMILES string of the molecule is CC1C(CCl)CCN1C(=O)C1CCOC1. The molecule has 0 saturated carbocycles. The van der Waals surface area contributed by atoms with Crippen molar-refractivity contribution in [2.24, 2.45) is 11.8 Å². The highest BCUT2D eigenvalue weighted by Gasteiger charge is 2.37. The number of carbonyl (C=O) groups excluding carboxylic acids is 1. The van der Waals surface area contributed by atoms with Gasteiger partial charge >= 0.3 is 0 Å². The Balaban J connectivity index is 1.96. The van der Waals surface area contributed by atoms with Crippen LogP contribution in [0.5, 0.6) is 0 Å². The molecule has 86 valence electrons. The van der Waals surface area contributed by atoms with Gasteiger partial charge in [0.1, 0.15) is 0 Å². The van der Waals surface area contributed by atoms with Gasteiger partial charge in [-0.05, 0) is 25.7 Å². The number of rotatable bonds is 2. The molecule has 0 aromatic carbocycles. The lowest BCUT2D eigenvalue weighted by Crippen LogP contribution is -2.40. The summed E-state index contributed by atoms with van der Waals surface area (Å²) in [5.74, 6) is 1.50. The van der Waals surface area contributed by atoms with Crippen LogP contribution >= 0.6 is 11.6 Å². The monoisotopic (exact) mass is 231 g/mol. The quantitative estimate of drug-likeness (QED) is 0.675. The summed E-state index contributed by atoms with van der Waals surface area (Å²) in [6, 6.07) is 0.301. The van der Waals surface area contributed by atoms with Crippen LogP contribution in [0.2, 0.25) is 0 Å². The number of alkyl halides is 1. The minimum atomic E-state index is 0.0986. The molecule has 2 aliphatic heterocycles. The molecule has 2 heterocycles. The van der Waals surface area contributed by atoms with Crippen LogP contribution < -0.4 is 0 Å². The highest BCUT2D eigenvalue weighted by Crippen LogP contribution is 2.28. The van der Waals surface area contributed by atoms with E-state index >= 15 is 0 Å². The lowest BCUT2D eigenvalue weighted by Gasteiger charge is -2.26. The number of ether oxygens (including phenoxy) is 1. The van der Waals surface area contributed by atoms with E-state index in [4.69, 9.17) is 16.3 Å². The van der Waals surface area contributed by atoms with Crippen LogP contribution in [-0.2, 0) is 9.53 Å². The number of amides is 1. The molecule has 0 aromatic heterocycles. The molecule has 4 heteroatoms. The smallest absolute Gasteiger partial charge is 0.228 e. The van der Waals surface area contributed by atoms with E-state index in [0.29, 0.717) is 24.4 Å². The van der Waals surface area contributed by atoms with E-state index < -0.39 is 0 Å². The zero-order valence-electron chi connectivity index (χ0n) is 9.12. The second-order valence-corrected chi connectivity index (χ2v) is 4.84. The van der Waals surface area contributed by atoms with Crippen LogP contribution in [0.25, 0.3) is 0 Å². The van der Waals surface area contributed by atoms with Crippen LogP contribution in [0.3, 0.4) is 0 Å². The van der Waals surface area contributed by atoms with Gasteiger partial charge < -0.3 is 9.64 Å². The molecular formula is C11H18ClNO2.